The van der Waals surface area contributed by atoms with Crippen LogP contribution in [0.25, 0.3) is 0 Å². The van der Waals surface area contributed by atoms with Gasteiger partial charge in [-0.1, -0.05) is 0 Å². The number of anilines is 1. The van der Waals surface area contributed by atoms with Gasteiger partial charge in [0.1, 0.15) is 0 Å². The summed E-state index contributed by atoms with van der Waals surface area (Å²) >= 11 is 0. The zero-order valence-corrected chi connectivity index (χ0v) is 7.65. The van der Waals surface area contributed by atoms with Gasteiger partial charge >= 0.3 is 6.43 Å². The summed E-state index contributed by atoms with van der Waals surface area (Å²) in [5.41, 5.74) is 0.438. The van der Waals surface area contributed by atoms with Crippen LogP contribution in [0.4, 0.5) is 14.5 Å². The van der Waals surface area contributed by atoms with Gasteiger partial charge in [-0.15, -0.1) is 0 Å². The van der Waals surface area contributed by atoms with E-state index in [1.165, 1.54) is 24.5 Å². The Labute approximate surface area is 80.4 Å². The fraction of sp³-hybridized carbons (Fsp3) is 0.333. The molecule has 1 aromatic heterocycles. The predicted octanol–water partition coefficient (Wildman–Crippen LogP) is 1.70. The van der Waals surface area contributed by atoms with E-state index in [1.807, 2.05) is 0 Å². The molecule has 1 aromatic rings. The summed E-state index contributed by atoms with van der Waals surface area (Å²) in [6.45, 7) is 1.86. The third kappa shape index (κ3) is 2.25. The number of pyridine rings is 1. The molecule has 0 aliphatic heterocycles. The highest BCUT2D eigenvalue weighted by molar-refractivity contribution is 5.95. The predicted molar refractivity (Wildman–Crippen MR) is 48.3 cm³/mol. The average Bonchev–Trinajstić information content (AvgIpc) is 2.20. The molecule has 1 heterocycles. The van der Waals surface area contributed by atoms with Gasteiger partial charge in [0.15, 0.2) is 0 Å². The minimum atomic E-state index is -2.97. The van der Waals surface area contributed by atoms with E-state index in [4.69, 9.17) is 0 Å². The molecular weight excluding hydrogens is 190 g/mol. The average molecular weight is 200 g/mol. The molecular formula is C9H10F2N2O. The van der Waals surface area contributed by atoms with Crippen LogP contribution in [-0.4, -0.2) is 23.9 Å². The molecule has 0 bridgehead atoms. The largest absolute Gasteiger partial charge is 0.316 e. The van der Waals surface area contributed by atoms with Gasteiger partial charge in [0.25, 0.3) is 5.91 Å². The van der Waals surface area contributed by atoms with E-state index >= 15 is 0 Å². The lowest BCUT2D eigenvalue weighted by Gasteiger charge is -2.19. The molecule has 0 atom stereocenters. The van der Waals surface area contributed by atoms with Crippen molar-refractivity contribution in [2.45, 2.75) is 13.3 Å². The molecule has 76 valence electrons. The van der Waals surface area contributed by atoms with Crippen LogP contribution in [-0.2, 0) is 4.79 Å². The van der Waals surface area contributed by atoms with Crippen LogP contribution < -0.4 is 4.90 Å². The van der Waals surface area contributed by atoms with Crippen molar-refractivity contribution in [1.82, 2.24) is 4.98 Å². The van der Waals surface area contributed by atoms with Crippen LogP contribution in [0.2, 0.25) is 0 Å². The number of nitrogens with zero attached hydrogens (tertiary/aromatic N) is 2. The molecule has 0 aliphatic rings. The molecule has 0 aromatic carbocycles. The van der Waals surface area contributed by atoms with E-state index in [9.17, 15) is 13.6 Å². The minimum Gasteiger partial charge on any atom is -0.308 e. The van der Waals surface area contributed by atoms with Gasteiger partial charge in [0.2, 0.25) is 0 Å². The van der Waals surface area contributed by atoms with Crippen LogP contribution in [0.5, 0.6) is 0 Å². The number of aromatic nitrogens is 1. The first-order valence-electron chi connectivity index (χ1n) is 4.16. The second kappa shape index (κ2) is 4.64. The molecule has 1 rings (SSSR count). The van der Waals surface area contributed by atoms with Crippen molar-refractivity contribution in [3.05, 3.63) is 24.5 Å². The zero-order valence-electron chi connectivity index (χ0n) is 7.65. The number of alkyl halides is 2. The maximum atomic E-state index is 12.1. The first kappa shape index (κ1) is 10.6. The normalized spacial score (nSPS) is 10.3. The molecule has 0 spiro atoms. The molecule has 1 amide bonds. The van der Waals surface area contributed by atoms with Crippen molar-refractivity contribution < 1.29 is 13.6 Å². The maximum Gasteiger partial charge on any atom is 0.316 e. The number of rotatable bonds is 3. The third-order valence-corrected chi connectivity index (χ3v) is 1.74. The Morgan fingerprint density at radius 1 is 1.50 bits per heavy atom. The van der Waals surface area contributed by atoms with E-state index in [0.29, 0.717) is 5.69 Å². The van der Waals surface area contributed by atoms with Gasteiger partial charge in [0.05, 0.1) is 0 Å². The second-order valence-electron chi connectivity index (χ2n) is 2.59. The van der Waals surface area contributed by atoms with Crippen LogP contribution in [0, 0.1) is 0 Å². The lowest BCUT2D eigenvalue weighted by Crippen LogP contribution is -2.35. The number of halogens is 2. The summed E-state index contributed by atoms with van der Waals surface area (Å²) in [6, 6.07) is 3.04. The Bertz CT molecular complexity index is 303. The third-order valence-electron chi connectivity index (χ3n) is 1.74. The Morgan fingerprint density at radius 3 is 2.50 bits per heavy atom. The summed E-state index contributed by atoms with van der Waals surface area (Å²) in [6.07, 6.45) is -0.0591. The fourth-order valence-corrected chi connectivity index (χ4v) is 1.11. The number of carbonyl (C=O) groups is 1. The first-order chi connectivity index (χ1) is 6.66. The highest BCUT2D eigenvalue weighted by Crippen LogP contribution is 2.14. The van der Waals surface area contributed by atoms with E-state index < -0.39 is 12.3 Å². The van der Waals surface area contributed by atoms with Crippen LogP contribution >= 0.6 is 0 Å². The van der Waals surface area contributed by atoms with Crippen LogP contribution in [0.1, 0.15) is 6.92 Å². The van der Waals surface area contributed by atoms with Gasteiger partial charge in [-0.25, -0.2) is 0 Å². The number of amides is 1. The van der Waals surface area contributed by atoms with E-state index in [2.05, 4.69) is 4.98 Å². The Kier molecular flexibility index (Phi) is 3.50. The van der Waals surface area contributed by atoms with Gasteiger partial charge in [-0.3, -0.25) is 9.78 Å². The molecule has 0 unspecified atom stereocenters. The standard InChI is InChI=1S/C9H10F2N2O/c1-2-13(9(14)8(10)11)7-3-5-12-6-4-7/h3-6,8H,2H2,1H3. The fourth-order valence-electron chi connectivity index (χ4n) is 1.11. The molecule has 3 nitrogen and oxygen atoms in total. The second-order valence-corrected chi connectivity index (χ2v) is 2.59. The number of hydrogen-bond donors (Lipinski definition) is 0. The smallest absolute Gasteiger partial charge is 0.308 e. The highest BCUT2D eigenvalue weighted by Gasteiger charge is 2.22. The monoisotopic (exact) mass is 200 g/mol. The number of carbonyl (C=O) groups excluding carboxylic acids is 1. The molecule has 0 fully saturated rings. The van der Waals surface area contributed by atoms with E-state index in [-0.39, 0.29) is 6.54 Å². The van der Waals surface area contributed by atoms with E-state index in [1.54, 1.807) is 6.92 Å². The van der Waals surface area contributed by atoms with Crippen LogP contribution in [0.3, 0.4) is 0 Å². The summed E-state index contributed by atoms with van der Waals surface area (Å²) in [4.78, 5) is 15.8. The Hall–Kier alpha value is -1.52. The Balaban J connectivity index is 2.88. The van der Waals surface area contributed by atoms with Crippen molar-refractivity contribution in [2.75, 3.05) is 11.4 Å². The van der Waals surface area contributed by atoms with E-state index in [0.717, 1.165) is 4.90 Å². The summed E-state index contributed by atoms with van der Waals surface area (Å²) < 4.78 is 24.3. The maximum absolute atomic E-state index is 12.1. The van der Waals surface area contributed by atoms with Crippen molar-refractivity contribution in [3.63, 3.8) is 0 Å². The molecule has 0 saturated heterocycles. The minimum absolute atomic E-state index is 0.215. The molecule has 5 heteroatoms. The lowest BCUT2D eigenvalue weighted by atomic mass is 10.3. The molecule has 0 aliphatic carbocycles. The SMILES string of the molecule is CCN(C(=O)C(F)F)c1ccncc1. The molecule has 0 saturated carbocycles. The molecule has 0 N–H and O–H groups in total. The van der Waals surface area contributed by atoms with Gasteiger partial charge in [-0.05, 0) is 19.1 Å². The van der Waals surface area contributed by atoms with Gasteiger partial charge in [0, 0.05) is 24.6 Å². The van der Waals surface area contributed by atoms with Gasteiger partial charge < -0.3 is 4.90 Å². The number of hydrogen-bond acceptors (Lipinski definition) is 2. The molecule has 0 radical (unpaired) electrons. The topological polar surface area (TPSA) is 33.2 Å². The van der Waals surface area contributed by atoms with Gasteiger partial charge in [-0.2, -0.15) is 8.78 Å². The van der Waals surface area contributed by atoms with Crippen molar-refractivity contribution in [1.29, 1.82) is 0 Å². The first-order valence-corrected chi connectivity index (χ1v) is 4.16. The lowest BCUT2D eigenvalue weighted by molar-refractivity contribution is -0.128. The van der Waals surface area contributed by atoms with Crippen molar-refractivity contribution in [2.24, 2.45) is 0 Å². The summed E-state index contributed by atoms with van der Waals surface area (Å²) in [5, 5.41) is 0. The van der Waals surface area contributed by atoms with Crippen LogP contribution in [0.15, 0.2) is 24.5 Å². The quantitative estimate of drug-likeness (QED) is 0.744. The van der Waals surface area contributed by atoms with Crippen molar-refractivity contribution in [3.8, 4) is 0 Å². The summed E-state index contributed by atoms with van der Waals surface area (Å²) in [7, 11) is 0. The highest BCUT2D eigenvalue weighted by atomic mass is 19.3. The molecule has 14 heavy (non-hydrogen) atoms. The Morgan fingerprint density at radius 2 is 2.07 bits per heavy atom. The summed E-state index contributed by atoms with van der Waals surface area (Å²) in [5.74, 6) is -1.18. The van der Waals surface area contributed by atoms with Crippen molar-refractivity contribution >= 4 is 11.6 Å². The zero-order chi connectivity index (χ0) is 10.6.